The average molecular weight is 578 g/mol. The molecule has 11 heteroatoms. The van der Waals surface area contributed by atoms with Crippen molar-refractivity contribution in [2.45, 2.75) is 26.7 Å². The number of hydrogen-bond donors (Lipinski definition) is 0. The van der Waals surface area contributed by atoms with Crippen LogP contribution in [-0.2, 0) is 0 Å². The monoisotopic (exact) mass is 577 g/mol. The van der Waals surface area contributed by atoms with Crippen LogP contribution in [0.2, 0.25) is 0 Å². The molecule has 0 bridgehead atoms. The van der Waals surface area contributed by atoms with Crippen LogP contribution in [0.4, 0.5) is 37.9 Å². The molecule has 0 atom stereocenters. The molecule has 0 unspecified atom stereocenters. The maximum Gasteiger partial charge on any atom is 0.249 e. The van der Waals surface area contributed by atoms with E-state index >= 15 is 0 Å². The second-order valence-electron chi connectivity index (χ2n) is 9.61. The van der Waals surface area contributed by atoms with Gasteiger partial charge in [0.25, 0.3) is 0 Å². The number of benzene rings is 3. The Morgan fingerprint density at radius 3 is 2.02 bits per heavy atom. The zero-order valence-corrected chi connectivity index (χ0v) is 24.3. The van der Waals surface area contributed by atoms with Crippen LogP contribution < -0.4 is 4.90 Å². The molecule has 1 fully saturated rings. The fourth-order valence-corrected chi connectivity index (χ4v) is 5.78. The van der Waals surface area contributed by atoms with Gasteiger partial charge in [0.15, 0.2) is 5.82 Å². The minimum absolute atomic E-state index is 0.507. The van der Waals surface area contributed by atoms with Gasteiger partial charge in [0.1, 0.15) is 5.00 Å². The van der Waals surface area contributed by atoms with E-state index in [1.54, 1.807) is 11.3 Å². The molecule has 204 valence electrons. The second-order valence-corrected chi connectivity index (χ2v) is 11.4. The normalized spacial score (nSPS) is 13.9. The Morgan fingerprint density at radius 1 is 0.683 bits per heavy atom. The summed E-state index contributed by atoms with van der Waals surface area (Å²) in [6.45, 7) is 6.22. The quantitative estimate of drug-likeness (QED) is 0.171. The Labute approximate surface area is 246 Å². The predicted molar refractivity (Wildman–Crippen MR) is 166 cm³/mol. The van der Waals surface area contributed by atoms with Gasteiger partial charge in [-0.3, -0.25) is 0 Å². The third-order valence-corrected chi connectivity index (χ3v) is 8.21. The molecule has 0 amide bonds. The van der Waals surface area contributed by atoms with Gasteiger partial charge in [-0.1, -0.05) is 41.7 Å². The molecule has 0 N–H and O–H groups in total. The lowest BCUT2D eigenvalue weighted by Crippen LogP contribution is -2.15. The molecule has 41 heavy (non-hydrogen) atoms. The van der Waals surface area contributed by atoms with Crippen molar-refractivity contribution < 1.29 is 0 Å². The number of anilines is 1. The third-order valence-electron chi connectivity index (χ3n) is 6.58. The molecule has 3 aromatic carbocycles. The summed E-state index contributed by atoms with van der Waals surface area (Å²) < 4.78 is 4.38. The predicted octanol–water partition coefficient (Wildman–Crippen LogP) is 10.7. The van der Waals surface area contributed by atoms with Crippen molar-refractivity contribution in [3.8, 4) is 11.4 Å². The first-order valence-corrected chi connectivity index (χ1v) is 14.9. The Morgan fingerprint density at radius 2 is 1.34 bits per heavy atom. The largest absolute Gasteiger partial charge is 0.363 e. The first-order chi connectivity index (χ1) is 20.1. The van der Waals surface area contributed by atoms with Crippen molar-refractivity contribution >= 4 is 60.8 Å². The maximum atomic E-state index is 4.46. The Kier molecular flexibility index (Phi) is 8.06. The van der Waals surface area contributed by atoms with E-state index in [1.165, 1.54) is 29.4 Å². The van der Waals surface area contributed by atoms with E-state index in [1.807, 2.05) is 86.6 Å². The molecule has 1 saturated heterocycles. The van der Waals surface area contributed by atoms with Crippen LogP contribution in [0.1, 0.15) is 24.0 Å². The molecule has 5 aromatic rings. The number of rotatable bonds is 8. The Hall–Kier alpha value is -4.48. The third kappa shape index (κ3) is 6.64. The molecule has 3 heterocycles. The maximum absolute atomic E-state index is 4.46. The van der Waals surface area contributed by atoms with Crippen molar-refractivity contribution in [3.63, 3.8) is 0 Å². The molecule has 0 aliphatic carbocycles. The number of azo groups is 3. The van der Waals surface area contributed by atoms with E-state index in [0.29, 0.717) is 11.0 Å². The minimum Gasteiger partial charge on any atom is -0.363 e. The van der Waals surface area contributed by atoms with Crippen molar-refractivity contribution in [2.75, 3.05) is 18.0 Å². The number of hydrogen-bond acceptors (Lipinski definition) is 11. The summed E-state index contributed by atoms with van der Waals surface area (Å²) >= 11 is 2.90. The standard InChI is InChI=1S/C30H27N9S2/c1-20-19-24(33-36-27-14-15-28(40-27)39-16-6-7-17-39)11-12-25(20)34-32-23-10-13-26(21(2)18-23)35-37-30-31-29(38-41-30)22-8-4-3-5-9-22/h3-5,8-15,18-19H,6-7,16-17H2,1-2H3/b34-32+,36-33+,37-35+. The lowest BCUT2D eigenvalue weighted by atomic mass is 10.2. The Balaban J connectivity index is 1.08. The molecule has 1 aliphatic rings. The van der Waals surface area contributed by atoms with E-state index in [0.717, 1.165) is 57.5 Å². The summed E-state index contributed by atoms with van der Waals surface area (Å²) in [5, 5.41) is 29.1. The van der Waals surface area contributed by atoms with Crippen molar-refractivity contribution in [1.82, 2.24) is 9.36 Å². The van der Waals surface area contributed by atoms with Gasteiger partial charge in [0.2, 0.25) is 5.13 Å². The van der Waals surface area contributed by atoms with Gasteiger partial charge in [0, 0.05) is 30.2 Å². The topological polar surface area (TPSA) is 103 Å². The van der Waals surface area contributed by atoms with E-state index in [-0.39, 0.29) is 0 Å². The van der Waals surface area contributed by atoms with Gasteiger partial charge in [-0.05, 0) is 86.3 Å². The first-order valence-electron chi connectivity index (χ1n) is 13.3. The summed E-state index contributed by atoms with van der Waals surface area (Å²) in [6.07, 6.45) is 2.52. The summed E-state index contributed by atoms with van der Waals surface area (Å²) in [5.41, 5.74) is 5.91. The summed E-state index contributed by atoms with van der Waals surface area (Å²) in [6, 6.07) is 25.5. The zero-order valence-electron chi connectivity index (χ0n) is 22.7. The fraction of sp³-hybridized carbons (Fsp3) is 0.200. The van der Waals surface area contributed by atoms with Crippen LogP contribution in [-0.4, -0.2) is 22.4 Å². The number of aryl methyl sites for hydroxylation is 2. The van der Waals surface area contributed by atoms with Crippen LogP contribution in [0.25, 0.3) is 11.4 Å². The van der Waals surface area contributed by atoms with E-state index in [4.69, 9.17) is 0 Å². The van der Waals surface area contributed by atoms with Gasteiger partial charge < -0.3 is 4.90 Å². The smallest absolute Gasteiger partial charge is 0.249 e. The van der Waals surface area contributed by atoms with Gasteiger partial charge >= 0.3 is 0 Å². The highest BCUT2D eigenvalue weighted by molar-refractivity contribution is 7.19. The van der Waals surface area contributed by atoms with Gasteiger partial charge in [-0.2, -0.15) is 19.6 Å². The SMILES string of the molecule is Cc1cc(/N=N/c2ccc(N3CCCC3)s2)ccc1/N=N/c1ccc(/N=N/c2nc(-c3ccccc3)ns2)c(C)c1. The summed E-state index contributed by atoms with van der Waals surface area (Å²) in [7, 11) is 0. The molecule has 0 saturated carbocycles. The molecule has 9 nitrogen and oxygen atoms in total. The lowest BCUT2D eigenvalue weighted by Gasteiger charge is -2.13. The zero-order chi connectivity index (χ0) is 28.0. The highest BCUT2D eigenvalue weighted by Gasteiger charge is 2.14. The van der Waals surface area contributed by atoms with Crippen molar-refractivity contribution in [3.05, 3.63) is 90.0 Å². The average Bonchev–Trinajstić information content (AvgIpc) is 3.78. The van der Waals surface area contributed by atoms with E-state index in [9.17, 15) is 0 Å². The van der Waals surface area contributed by atoms with Crippen LogP contribution >= 0.6 is 22.9 Å². The summed E-state index contributed by atoms with van der Waals surface area (Å²) in [4.78, 5) is 6.87. The molecule has 6 rings (SSSR count). The van der Waals surface area contributed by atoms with Crippen molar-refractivity contribution in [1.29, 1.82) is 0 Å². The van der Waals surface area contributed by atoms with Crippen LogP contribution in [0.3, 0.4) is 0 Å². The van der Waals surface area contributed by atoms with Crippen LogP contribution in [0.5, 0.6) is 0 Å². The molecule has 0 spiro atoms. The first kappa shape index (κ1) is 26.7. The number of thiophene rings is 1. The van der Waals surface area contributed by atoms with E-state index < -0.39 is 0 Å². The highest BCUT2D eigenvalue weighted by Crippen LogP contribution is 2.35. The fourth-order valence-electron chi connectivity index (χ4n) is 4.38. The van der Waals surface area contributed by atoms with Crippen LogP contribution in [0.15, 0.2) is 110 Å². The van der Waals surface area contributed by atoms with Crippen LogP contribution in [0, 0.1) is 13.8 Å². The minimum atomic E-state index is 0.507. The summed E-state index contributed by atoms with van der Waals surface area (Å²) in [5.74, 6) is 0.650. The molecular weight excluding hydrogens is 551 g/mol. The van der Waals surface area contributed by atoms with Crippen molar-refractivity contribution in [2.24, 2.45) is 30.7 Å². The number of nitrogens with zero attached hydrogens (tertiary/aromatic N) is 9. The van der Waals surface area contributed by atoms with Gasteiger partial charge in [-0.15, -0.1) is 20.5 Å². The highest BCUT2D eigenvalue weighted by atomic mass is 32.1. The lowest BCUT2D eigenvalue weighted by molar-refractivity contribution is 0.949. The molecule has 0 radical (unpaired) electrons. The van der Waals surface area contributed by atoms with E-state index in [2.05, 4.69) is 51.0 Å². The van der Waals surface area contributed by atoms with Gasteiger partial charge in [-0.25, -0.2) is 0 Å². The Bertz CT molecular complexity index is 1730. The molecule has 2 aromatic heterocycles. The second kappa shape index (κ2) is 12.4. The number of aromatic nitrogens is 2. The van der Waals surface area contributed by atoms with Gasteiger partial charge in [0.05, 0.1) is 27.8 Å². The molecule has 1 aliphatic heterocycles. The molecular formula is C30H27N9S2.